The number of ether oxygens (including phenoxy) is 2. The molecule has 0 radical (unpaired) electrons. The normalized spacial score (nSPS) is 24.8. The Labute approximate surface area is 251 Å². The molecule has 4 heteroatoms. The summed E-state index contributed by atoms with van der Waals surface area (Å²) in [5.41, 5.74) is 0.736. The van der Waals surface area contributed by atoms with Crippen molar-refractivity contribution >= 4 is 12.2 Å². The summed E-state index contributed by atoms with van der Waals surface area (Å²) in [5, 5.41) is 0. The molecule has 4 fully saturated rings. The lowest BCUT2D eigenvalue weighted by Crippen LogP contribution is -2.51. The van der Waals surface area contributed by atoms with E-state index in [4.69, 9.17) is 9.47 Å². The van der Waals surface area contributed by atoms with Gasteiger partial charge in [0.25, 0.3) is 0 Å². The SMILES string of the molecule is CCCCCCCCCCCCCCCCCCN=Cc1ccc(OC(=O)C23CC4CC(CC(C4)C2)C3)c(OC)c1. The molecule has 0 aliphatic heterocycles. The van der Waals surface area contributed by atoms with Gasteiger partial charge in [0, 0.05) is 12.8 Å². The average molecular weight is 566 g/mol. The van der Waals surface area contributed by atoms with Gasteiger partial charge in [-0.1, -0.05) is 103 Å². The van der Waals surface area contributed by atoms with Gasteiger partial charge in [-0.25, -0.2) is 0 Å². The molecule has 1 aromatic carbocycles. The molecule has 0 N–H and O–H groups in total. The number of esters is 1. The van der Waals surface area contributed by atoms with Crippen molar-refractivity contribution in [1.29, 1.82) is 0 Å². The fourth-order valence-electron chi connectivity index (χ4n) is 8.34. The number of methoxy groups -OCH3 is 1. The van der Waals surface area contributed by atoms with Crippen LogP contribution in [0.4, 0.5) is 0 Å². The van der Waals surface area contributed by atoms with Crippen molar-refractivity contribution in [2.24, 2.45) is 28.2 Å². The molecule has 5 rings (SSSR count). The third-order valence-electron chi connectivity index (χ3n) is 10.2. The largest absolute Gasteiger partial charge is 0.493 e. The lowest BCUT2D eigenvalue weighted by Gasteiger charge is -2.55. The average Bonchev–Trinajstić information content (AvgIpc) is 2.96. The van der Waals surface area contributed by atoms with Crippen LogP contribution in [0.1, 0.15) is 154 Å². The summed E-state index contributed by atoms with van der Waals surface area (Å²) < 4.78 is 11.6. The molecule has 4 aliphatic carbocycles. The zero-order valence-electron chi connectivity index (χ0n) is 26.5. The number of hydrogen-bond donors (Lipinski definition) is 0. The Bertz CT molecular complexity index is 903. The van der Waals surface area contributed by atoms with Crippen molar-refractivity contribution in [3.63, 3.8) is 0 Å². The molecule has 1 aromatic rings. The fraction of sp³-hybridized carbons (Fsp3) is 0.784. The first-order chi connectivity index (χ1) is 20.1. The maximum absolute atomic E-state index is 13.4. The first-order valence-corrected chi connectivity index (χ1v) is 17.5. The molecule has 0 aromatic heterocycles. The van der Waals surface area contributed by atoms with E-state index in [1.165, 1.54) is 116 Å². The number of carbonyl (C=O) groups excluding carboxylic acids is 1. The highest BCUT2D eigenvalue weighted by atomic mass is 16.6. The summed E-state index contributed by atoms with van der Waals surface area (Å²) in [5.74, 6) is 3.31. The first-order valence-electron chi connectivity index (χ1n) is 17.5. The topological polar surface area (TPSA) is 47.9 Å². The summed E-state index contributed by atoms with van der Waals surface area (Å²) in [6.45, 7) is 3.15. The van der Waals surface area contributed by atoms with Gasteiger partial charge in [0.15, 0.2) is 11.5 Å². The molecular formula is C37H59NO3. The summed E-state index contributed by atoms with van der Waals surface area (Å²) in [4.78, 5) is 18.0. The number of hydrogen-bond acceptors (Lipinski definition) is 4. The van der Waals surface area contributed by atoms with Crippen LogP contribution in [0.15, 0.2) is 23.2 Å². The highest BCUT2D eigenvalue weighted by molar-refractivity contribution is 5.83. The van der Waals surface area contributed by atoms with Crippen LogP contribution >= 0.6 is 0 Å². The molecule has 0 saturated heterocycles. The highest BCUT2D eigenvalue weighted by Gasteiger charge is 2.55. The van der Waals surface area contributed by atoms with E-state index in [-0.39, 0.29) is 11.4 Å². The van der Waals surface area contributed by atoms with Crippen LogP contribution in [0.5, 0.6) is 11.5 Å². The van der Waals surface area contributed by atoms with Crippen molar-refractivity contribution < 1.29 is 14.3 Å². The van der Waals surface area contributed by atoms with Crippen LogP contribution in [0.25, 0.3) is 0 Å². The summed E-state index contributed by atoms with van der Waals surface area (Å²) >= 11 is 0. The van der Waals surface area contributed by atoms with Crippen LogP contribution in [0, 0.1) is 23.2 Å². The standard InChI is InChI=1S/C37H59NO3/c1-3-4-5-6-7-8-9-10-11-12-13-14-15-16-17-18-21-38-29-30-19-20-34(35(25-30)40-2)41-36(39)37-26-31-22-32(27-37)24-33(23-31)28-37/h19-20,25,29,31-33H,3-18,21-24,26-28H2,1-2H3. The second-order valence-electron chi connectivity index (χ2n) is 13.8. The number of unbranched alkanes of at least 4 members (excludes halogenated alkanes) is 15. The number of nitrogens with zero attached hydrogens (tertiary/aromatic N) is 1. The van der Waals surface area contributed by atoms with Crippen molar-refractivity contribution in [2.75, 3.05) is 13.7 Å². The first kappa shape index (κ1) is 32.1. The van der Waals surface area contributed by atoms with E-state index in [1.807, 2.05) is 24.4 Å². The monoisotopic (exact) mass is 565 g/mol. The zero-order chi connectivity index (χ0) is 28.8. The van der Waals surface area contributed by atoms with E-state index in [2.05, 4.69) is 11.9 Å². The molecule has 4 nitrogen and oxygen atoms in total. The van der Waals surface area contributed by atoms with Crippen LogP contribution in [0.3, 0.4) is 0 Å². The molecule has 4 saturated carbocycles. The van der Waals surface area contributed by atoms with Crippen LogP contribution in [-0.4, -0.2) is 25.8 Å². The molecular weight excluding hydrogens is 506 g/mol. The van der Waals surface area contributed by atoms with Gasteiger partial charge in [0.05, 0.1) is 12.5 Å². The quantitative estimate of drug-likeness (QED) is 0.0644. The maximum Gasteiger partial charge on any atom is 0.317 e. The molecule has 0 amide bonds. The molecule has 0 spiro atoms. The number of benzene rings is 1. The van der Waals surface area contributed by atoms with Gasteiger partial charge in [-0.2, -0.15) is 0 Å². The van der Waals surface area contributed by atoms with Crippen molar-refractivity contribution in [1.82, 2.24) is 0 Å². The van der Waals surface area contributed by atoms with Crippen LogP contribution < -0.4 is 9.47 Å². The second kappa shape index (κ2) is 17.3. The fourth-order valence-corrected chi connectivity index (χ4v) is 8.34. The summed E-state index contributed by atoms with van der Waals surface area (Å²) in [6.07, 6.45) is 31.1. The third kappa shape index (κ3) is 10.1. The van der Waals surface area contributed by atoms with Gasteiger partial charge in [0.1, 0.15) is 0 Å². The Balaban J connectivity index is 1.04. The lowest BCUT2D eigenvalue weighted by molar-refractivity contribution is -0.161. The highest BCUT2D eigenvalue weighted by Crippen LogP contribution is 2.60. The minimum absolute atomic E-state index is 0.0279. The van der Waals surface area contributed by atoms with Crippen LogP contribution in [0.2, 0.25) is 0 Å². The van der Waals surface area contributed by atoms with Crippen LogP contribution in [-0.2, 0) is 4.79 Å². The number of rotatable bonds is 21. The van der Waals surface area contributed by atoms with E-state index in [9.17, 15) is 4.79 Å². The predicted molar refractivity (Wildman–Crippen MR) is 171 cm³/mol. The Morgan fingerprint density at radius 1 is 0.756 bits per heavy atom. The van der Waals surface area contributed by atoms with Gasteiger partial charge in [-0.05, 0) is 86.5 Å². The third-order valence-corrected chi connectivity index (χ3v) is 10.2. The van der Waals surface area contributed by atoms with Gasteiger partial charge >= 0.3 is 5.97 Å². The second-order valence-corrected chi connectivity index (χ2v) is 13.8. The lowest BCUT2D eigenvalue weighted by atomic mass is 9.49. The Morgan fingerprint density at radius 2 is 1.24 bits per heavy atom. The van der Waals surface area contributed by atoms with E-state index < -0.39 is 0 Å². The zero-order valence-corrected chi connectivity index (χ0v) is 26.5. The van der Waals surface area contributed by atoms with Crippen molar-refractivity contribution in [2.45, 2.75) is 148 Å². The molecule has 41 heavy (non-hydrogen) atoms. The van der Waals surface area contributed by atoms with E-state index in [1.54, 1.807) is 7.11 Å². The number of aliphatic imine (C=N–C) groups is 1. The van der Waals surface area contributed by atoms with Gasteiger partial charge < -0.3 is 9.47 Å². The molecule has 0 atom stereocenters. The Hall–Kier alpha value is -1.84. The van der Waals surface area contributed by atoms with Gasteiger partial charge in [-0.15, -0.1) is 0 Å². The van der Waals surface area contributed by atoms with Crippen molar-refractivity contribution in [3.8, 4) is 11.5 Å². The molecule has 4 aliphatic rings. The minimum Gasteiger partial charge on any atom is -0.493 e. The van der Waals surface area contributed by atoms with Gasteiger partial charge in [-0.3, -0.25) is 9.79 Å². The van der Waals surface area contributed by atoms with E-state index in [0.717, 1.165) is 55.5 Å². The Morgan fingerprint density at radius 3 is 1.73 bits per heavy atom. The van der Waals surface area contributed by atoms with E-state index in [0.29, 0.717) is 11.5 Å². The predicted octanol–water partition coefficient (Wildman–Crippen LogP) is 10.5. The molecule has 0 heterocycles. The molecule has 4 bridgehead atoms. The van der Waals surface area contributed by atoms with E-state index >= 15 is 0 Å². The Kier molecular flexibility index (Phi) is 13.6. The van der Waals surface area contributed by atoms with Crippen molar-refractivity contribution in [3.05, 3.63) is 23.8 Å². The minimum atomic E-state index is -0.257. The number of carbonyl (C=O) groups is 1. The maximum atomic E-state index is 13.4. The molecule has 0 unspecified atom stereocenters. The van der Waals surface area contributed by atoms with Gasteiger partial charge in [0.2, 0.25) is 0 Å². The summed E-state index contributed by atoms with van der Waals surface area (Å²) in [6, 6.07) is 5.81. The smallest absolute Gasteiger partial charge is 0.317 e. The summed E-state index contributed by atoms with van der Waals surface area (Å²) in [7, 11) is 1.65. The molecule has 230 valence electrons.